The van der Waals surface area contributed by atoms with E-state index in [1.807, 2.05) is 52.0 Å². The summed E-state index contributed by atoms with van der Waals surface area (Å²) < 4.78 is 27.8. The first-order chi connectivity index (χ1) is 9.81. The molecule has 0 aliphatic carbocycles. The van der Waals surface area contributed by atoms with Crippen molar-refractivity contribution in [3.8, 4) is 0 Å². The first-order valence-corrected chi connectivity index (χ1v) is 8.72. The Morgan fingerprint density at radius 3 is 2.48 bits per heavy atom. The summed E-state index contributed by atoms with van der Waals surface area (Å²) in [4.78, 5) is 2.38. The first-order valence-electron chi connectivity index (χ1n) is 7.24. The van der Waals surface area contributed by atoms with Crippen LogP contribution in [0.4, 0.5) is 0 Å². The van der Waals surface area contributed by atoms with E-state index in [2.05, 4.69) is 10.0 Å². The summed E-state index contributed by atoms with van der Waals surface area (Å²) in [7, 11) is 2.24. The molecule has 0 spiro atoms. The van der Waals surface area contributed by atoms with Gasteiger partial charge in [0.2, 0.25) is 10.0 Å². The van der Waals surface area contributed by atoms with Gasteiger partial charge in [-0.2, -0.15) is 0 Å². The van der Waals surface area contributed by atoms with E-state index < -0.39 is 10.0 Å². The third-order valence-electron chi connectivity index (χ3n) is 3.63. The molecule has 0 heterocycles. The van der Waals surface area contributed by atoms with Gasteiger partial charge in [0.25, 0.3) is 0 Å². The van der Waals surface area contributed by atoms with Gasteiger partial charge in [-0.25, -0.2) is 13.1 Å². The van der Waals surface area contributed by atoms with Gasteiger partial charge in [0.05, 0.1) is 4.90 Å². The number of rotatable bonds is 8. The molecule has 0 aromatic heterocycles. The Kier molecular flexibility index (Phi) is 6.80. The van der Waals surface area contributed by atoms with Crippen LogP contribution in [-0.4, -0.2) is 47.0 Å². The highest BCUT2D eigenvalue weighted by Crippen LogP contribution is 2.18. The van der Waals surface area contributed by atoms with Crippen LogP contribution < -0.4 is 10.0 Å². The van der Waals surface area contributed by atoms with Gasteiger partial charge in [0.15, 0.2) is 0 Å². The van der Waals surface area contributed by atoms with E-state index in [9.17, 15) is 8.42 Å². The normalized spacial score (nSPS) is 13.6. The topological polar surface area (TPSA) is 61.4 Å². The molecule has 1 aromatic rings. The van der Waals surface area contributed by atoms with Crippen molar-refractivity contribution >= 4 is 10.0 Å². The summed E-state index contributed by atoms with van der Waals surface area (Å²) in [6, 6.07) is 5.77. The standard InChI is InChI=1S/C15H27N3O2S/c1-6-14-8-7-13(11-16-3)9-15(14)21(19,20)17-10-12(2)18(4)5/h7-9,12,16-17H,6,10-11H2,1-5H3. The molecule has 0 aliphatic rings. The van der Waals surface area contributed by atoms with Gasteiger partial charge < -0.3 is 10.2 Å². The molecule has 0 bridgehead atoms. The largest absolute Gasteiger partial charge is 0.316 e. The lowest BCUT2D eigenvalue weighted by atomic mass is 10.1. The number of hydrogen-bond acceptors (Lipinski definition) is 4. The molecule has 6 heteroatoms. The van der Waals surface area contributed by atoms with Gasteiger partial charge in [-0.1, -0.05) is 19.1 Å². The van der Waals surface area contributed by atoms with Gasteiger partial charge in [-0.15, -0.1) is 0 Å². The average molecular weight is 313 g/mol. The fraction of sp³-hybridized carbons (Fsp3) is 0.600. The number of sulfonamides is 1. The van der Waals surface area contributed by atoms with E-state index in [1.165, 1.54) is 0 Å². The molecule has 2 N–H and O–H groups in total. The highest BCUT2D eigenvalue weighted by molar-refractivity contribution is 7.89. The van der Waals surface area contributed by atoms with Gasteiger partial charge in [0.1, 0.15) is 0 Å². The number of benzene rings is 1. The highest BCUT2D eigenvalue weighted by atomic mass is 32.2. The molecule has 0 saturated carbocycles. The van der Waals surface area contributed by atoms with Crippen molar-refractivity contribution in [2.45, 2.75) is 37.8 Å². The van der Waals surface area contributed by atoms with E-state index in [0.717, 1.165) is 11.1 Å². The van der Waals surface area contributed by atoms with Crippen LogP contribution in [0.15, 0.2) is 23.1 Å². The Balaban J connectivity index is 3.02. The van der Waals surface area contributed by atoms with E-state index in [-0.39, 0.29) is 6.04 Å². The number of likely N-dealkylation sites (N-methyl/N-ethyl adjacent to an activating group) is 1. The van der Waals surface area contributed by atoms with Gasteiger partial charge in [-0.3, -0.25) is 0 Å². The predicted octanol–water partition coefficient (Wildman–Crippen LogP) is 1.20. The average Bonchev–Trinajstić information content (AvgIpc) is 2.45. The number of hydrogen-bond donors (Lipinski definition) is 2. The zero-order valence-corrected chi connectivity index (χ0v) is 14.4. The van der Waals surface area contributed by atoms with Gasteiger partial charge in [-0.05, 0) is 51.7 Å². The summed E-state index contributed by atoms with van der Waals surface area (Å²) >= 11 is 0. The van der Waals surface area contributed by atoms with E-state index in [0.29, 0.717) is 24.4 Å². The maximum Gasteiger partial charge on any atom is 0.240 e. The first kappa shape index (κ1) is 18.1. The van der Waals surface area contributed by atoms with Crippen LogP contribution in [-0.2, 0) is 23.0 Å². The Bertz CT molecular complexity index is 556. The maximum absolute atomic E-state index is 12.5. The minimum absolute atomic E-state index is 0.144. The number of nitrogens with one attached hydrogen (secondary N) is 2. The van der Waals surface area contributed by atoms with Crippen molar-refractivity contribution in [3.05, 3.63) is 29.3 Å². The third kappa shape index (κ3) is 5.07. The molecule has 1 atom stereocenters. The number of nitrogens with zero attached hydrogens (tertiary/aromatic N) is 1. The van der Waals surface area contributed by atoms with Crippen molar-refractivity contribution in [1.29, 1.82) is 0 Å². The van der Waals surface area contributed by atoms with Gasteiger partial charge in [0, 0.05) is 19.1 Å². The molecule has 120 valence electrons. The SMILES string of the molecule is CCc1ccc(CNC)cc1S(=O)(=O)NCC(C)N(C)C. The second kappa shape index (κ2) is 7.89. The minimum atomic E-state index is -3.48. The van der Waals surface area contributed by atoms with Crippen molar-refractivity contribution in [3.63, 3.8) is 0 Å². The van der Waals surface area contributed by atoms with Crippen LogP contribution in [0, 0.1) is 0 Å². The smallest absolute Gasteiger partial charge is 0.240 e. The summed E-state index contributed by atoms with van der Waals surface area (Å²) in [6.45, 7) is 5.00. The fourth-order valence-corrected chi connectivity index (χ4v) is 3.43. The molecule has 1 aromatic carbocycles. The van der Waals surface area contributed by atoms with Crippen LogP contribution in [0.5, 0.6) is 0 Å². The second-order valence-corrected chi connectivity index (χ2v) is 7.23. The summed E-state index contributed by atoms with van der Waals surface area (Å²) in [5.41, 5.74) is 1.82. The van der Waals surface area contributed by atoms with E-state index >= 15 is 0 Å². The molecular weight excluding hydrogens is 286 g/mol. The predicted molar refractivity (Wildman–Crippen MR) is 86.9 cm³/mol. The van der Waals surface area contributed by atoms with Crippen LogP contribution in [0.3, 0.4) is 0 Å². The Labute approximate surface area is 128 Å². The quantitative estimate of drug-likeness (QED) is 0.757. The second-order valence-electron chi connectivity index (χ2n) is 5.49. The van der Waals surface area contributed by atoms with Crippen LogP contribution >= 0.6 is 0 Å². The fourth-order valence-electron chi connectivity index (χ4n) is 1.95. The summed E-state index contributed by atoms with van der Waals surface area (Å²) in [5, 5.41) is 3.04. The molecule has 0 radical (unpaired) electrons. The Morgan fingerprint density at radius 2 is 1.95 bits per heavy atom. The molecule has 1 rings (SSSR count). The summed E-state index contributed by atoms with van der Waals surface area (Å²) in [5.74, 6) is 0. The third-order valence-corrected chi connectivity index (χ3v) is 5.14. The van der Waals surface area contributed by atoms with Crippen LogP contribution in [0.1, 0.15) is 25.0 Å². The van der Waals surface area contributed by atoms with Crippen molar-refractivity contribution < 1.29 is 8.42 Å². The lowest BCUT2D eigenvalue weighted by molar-refractivity contribution is 0.314. The van der Waals surface area contributed by atoms with Crippen molar-refractivity contribution in [2.24, 2.45) is 0 Å². The number of aryl methyl sites for hydroxylation is 1. The maximum atomic E-state index is 12.5. The lowest BCUT2D eigenvalue weighted by Crippen LogP contribution is -2.38. The molecule has 21 heavy (non-hydrogen) atoms. The minimum Gasteiger partial charge on any atom is -0.316 e. The molecule has 1 unspecified atom stereocenters. The Hall–Kier alpha value is -0.950. The lowest BCUT2D eigenvalue weighted by Gasteiger charge is -2.20. The van der Waals surface area contributed by atoms with E-state index in [1.54, 1.807) is 6.07 Å². The van der Waals surface area contributed by atoms with Crippen LogP contribution in [0.2, 0.25) is 0 Å². The zero-order valence-electron chi connectivity index (χ0n) is 13.6. The van der Waals surface area contributed by atoms with E-state index in [4.69, 9.17) is 0 Å². The molecular formula is C15H27N3O2S. The monoisotopic (exact) mass is 313 g/mol. The highest BCUT2D eigenvalue weighted by Gasteiger charge is 2.19. The van der Waals surface area contributed by atoms with Crippen LogP contribution in [0.25, 0.3) is 0 Å². The van der Waals surface area contributed by atoms with Crippen molar-refractivity contribution in [1.82, 2.24) is 14.9 Å². The zero-order chi connectivity index (χ0) is 16.0. The Morgan fingerprint density at radius 1 is 1.29 bits per heavy atom. The molecule has 0 saturated heterocycles. The molecule has 0 aliphatic heterocycles. The summed E-state index contributed by atoms with van der Waals surface area (Å²) in [6.07, 6.45) is 0.694. The van der Waals surface area contributed by atoms with Gasteiger partial charge >= 0.3 is 0 Å². The molecule has 0 amide bonds. The molecule has 0 fully saturated rings. The molecule has 5 nitrogen and oxygen atoms in total. The van der Waals surface area contributed by atoms with Crippen molar-refractivity contribution in [2.75, 3.05) is 27.7 Å².